The Hall–Kier alpha value is -7.98. The van der Waals surface area contributed by atoms with Crippen LogP contribution in [0.1, 0.15) is 13.8 Å². The van der Waals surface area contributed by atoms with Gasteiger partial charge in [-0.05, 0) is 80.6 Å². The molecule has 34 nitrogen and oxygen atoms in total. The molecule has 0 amide bonds. The molecule has 88 heavy (non-hydrogen) atoms. The summed E-state index contributed by atoms with van der Waals surface area (Å²) in [5.41, 5.74) is -1.61. The maximum atomic E-state index is 14.7. The number of halogens is 4. The summed E-state index contributed by atoms with van der Waals surface area (Å²) in [6, 6.07) is 9.88. The van der Waals surface area contributed by atoms with Crippen molar-refractivity contribution in [2.45, 2.75) is 50.4 Å². The van der Waals surface area contributed by atoms with Gasteiger partial charge in [0.15, 0.2) is 42.6 Å². The summed E-state index contributed by atoms with van der Waals surface area (Å²) in [7, 11) is -29.4. The molecule has 9 rings (SSSR count). The van der Waals surface area contributed by atoms with Crippen molar-refractivity contribution >= 4 is 142 Å². The molecule has 4 heterocycles. The first-order valence-electron chi connectivity index (χ1n) is 24.0. The number of sulfone groups is 1. The molecular weight excluding hydrogens is 1350 g/mol. The maximum absolute atomic E-state index is 14.7. The standard InChI is InChI=1S/C44H38Cl2F2N14O20S6/c1-18(51-41-57-39(47)59-43(61-41)53-20-3-5-21(6-4-20)83(63,64)14-13-80-88(77,78)79)16-49-25-10-8-23-33(37(25)86(71,72)73)81-35-29(45)32-36(30(46)31(35)54-23)82-34-24(55-32)9-11-26(38(34)87(74,75)76)50-17-19(2)52-42-58-40(48)60-44(62-42)56-27-15-22(84(65,66)67)7-12-28(27)85(68,69)70/h3-12,15,18-19,49-50H,13-14,16-17H2,1-2H3,(H,65,66,67)(H,68,69,70)(H,71,72,73)(H,74,75,76)(H,77,78,79)(H2,51,53,57,59,61)(H2,52,56,58,60,62). The molecule has 2 aliphatic heterocycles. The Morgan fingerprint density at radius 2 is 0.966 bits per heavy atom. The number of fused-ring (bicyclic) bond motifs is 4. The molecular formula is C44H38Cl2F2N14O20S6. The van der Waals surface area contributed by atoms with E-state index in [4.69, 9.17) is 37.2 Å². The molecule has 5 aromatic carbocycles. The van der Waals surface area contributed by atoms with Crippen LogP contribution >= 0.6 is 23.2 Å². The van der Waals surface area contributed by atoms with Crippen LogP contribution in [0.3, 0.4) is 0 Å². The first-order chi connectivity index (χ1) is 40.9. The van der Waals surface area contributed by atoms with Crippen molar-refractivity contribution in [2.24, 2.45) is 9.98 Å². The van der Waals surface area contributed by atoms with Gasteiger partial charge in [0, 0.05) is 30.9 Å². The van der Waals surface area contributed by atoms with Gasteiger partial charge in [-0.15, -0.1) is 0 Å². The van der Waals surface area contributed by atoms with Crippen molar-refractivity contribution in [3.05, 3.63) is 99.6 Å². The fourth-order valence-electron chi connectivity index (χ4n) is 8.09. The van der Waals surface area contributed by atoms with Crippen molar-refractivity contribution in [1.29, 1.82) is 0 Å². The Balaban J connectivity index is 0.906. The van der Waals surface area contributed by atoms with E-state index in [-0.39, 0.29) is 69.0 Å². The highest BCUT2D eigenvalue weighted by atomic mass is 35.5. The molecule has 2 atom stereocenters. The predicted molar refractivity (Wildman–Crippen MR) is 302 cm³/mol. The summed E-state index contributed by atoms with van der Waals surface area (Å²) in [5.74, 6) is -4.72. The molecule has 0 bridgehead atoms. The van der Waals surface area contributed by atoms with Crippen LogP contribution in [-0.2, 0) is 64.9 Å². The molecule has 44 heteroatoms. The highest BCUT2D eigenvalue weighted by Gasteiger charge is 2.35. The van der Waals surface area contributed by atoms with Crippen LogP contribution < -0.4 is 52.1 Å². The fourth-order valence-corrected chi connectivity index (χ4v) is 12.8. The molecule has 11 N–H and O–H groups in total. The third-order valence-corrected chi connectivity index (χ3v) is 18.3. The van der Waals surface area contributed by atoms with E-state index >= 15 is 0 Å². The second-order valence-electron chi connectivity index (χ2n) is 18.2. The smallest absolute Gasteiger partial charge is 0.397 e. The van der Waals surface area contributed by atoms with Crippen molar-refractivity contribution in [1.82, 2.24) is 29.9 Å². The zero-order chi connectivity index (χ0) is 64.2. The average Bonchev–Trinajstić information content (AvgIpc) is 0.816. The highest BCUT2D eigenvalue weighted by Crippen LogP contribution is 2.49. The van der Waals surface area contributed by atoms with E-state index in [0.717, 1.165) is 18.2 Å². The second-order valence-corrected chi connectivity index (χ2v) is 27.7. The van der Waals surface area contributed by atoms with Crippen molar-refractivity contribution in [2.75, 3.05) is 57.3 Å². The first-order valence-corrected chi connectivity index (χ1v) is 33.5. The molecule has 2 aromatic heterocycles. The number of hydrogen-bond acceptors (Lipinski definition) is 29. The molecule has 0 spiro atoms. The SMILES string of the molecule is CC(CNc1ccc2c(c1S(=O)(=O)O)Oc1c(Cl)c3c(c(Cl)c1=N2)Oc1c(ccc(NCC(C)Nc2nc(F)nc(Nc4cc(S(=O)(=O)O)ccc4S(=O)(=O)O)n2)c1S(=O)(=O)O)N=3)Nc1nc(F)nc(Nc2ccc(S(=O)(=O)CCOS(=O)(=O)O)cc2)n1. The molecule has 0 aliphatic carbocycles. The third kappa shape index (κ3) is 14.8. The number of aromatic nitrogens is 6. The van der Waals surface area contributed by atoms with E-state index in [1.54, 1.807) is 6.92 Å². The maximum Gasteiger partial charge on any atom is 0.397 e. The van der Waals surface area contributed by atoms with E-state index in [1.807, 2.05) is 0 Å². The number of rotatable bonds is 23. The second kappa shape index (κ2) is 24.2. The van der Waals surface area contributed by atoms with Crippen molar-refractivity contribution in [3.63, 3.8) is 0 Å². The fraction of sp³-hybridized carbons (Fsp3) is 0.182. The van der Waals surface area contributed by atoms with E-state index in [2.05, 4.69) is 76.0 Å². The lowest BCUT2D eigenvalue weighted by Crippen LogP contribution is -2.27. The largest absolute Gasteiger partial charge is 0.450 e. The minimum Gasteiger partial charge on any atom is -0.450 e. The van der Waals surface area contributed by atoms with Gasteiger partial charge in [0.25, 0.3) is 40.5 Å². The molecule has 2 aliphatic rings. The van der Waals surface area contributed by atoms with Crippen LogP contribution in [0.25, 0.3) is 0 Å². The van der Waals surface area contributed by atoms with Crippen LogP contribution in [0.5, 0.6) is 23.0 Å². The summed E-state index contributed by atoms with van der Waals surface area (Å²) in [4.78, 5) is 27.2. The number of hydrogen-bond donors (Lipinski definition) is 11. The zero-order valence-corrected chi connectivity index (χ0v) is 50.1. The number of anilines is 8. The average molecular weight is 1380 g/mol. The van der Waals surface area contributed by atoms with Gasteiger partial charge < -0.3 is 41.4 Å². The Bertz CT molecular complexity index is 4900. The van der Waals surface area contributed by atoms with Crippen LogP contribution in [0.4, 0.5) is 66.7 Å². The lowest BCUT2D eigenvalue weighted by atomic mass is 10.2. The number of nitrogens with zero attached hydrogens (tertiary/aromatic N) is 8. The van der Waals surface area contributed by atoms with Gasteiger partial charge in [0.05, 0.1) is 39.2 Å². The normalized spacial score (nSPS) is 13.8. The summed E-state index contributed by atoms with van der Waals surface area (Å²) >= 11 is 13.7. The number of ether oxygens (including phenoxy) is 2. The highest BCUT2D eigenvalue weighted by molar-refractivity contribution is 7.91. The molecule has 0 radical (unpaired) electrons. The van der Waals surface area contributed by atoms with Crippen molar-refractivity contribution < 1.29 is 95.7 Å². The van der Waals surface area contributed by atoms with Gasteiger partial charge in [0.2, 0.25) is 23.8 Å². The molecule has 7 aromatic rings. The number of benzene rings is 5. The number of nitrogens with one attached hydrogen (secondary N) is 6. The Morgan fingerprint density at radius 1 is 0.523 bits per heavy atom. The topological polar surface area (TPSA) is 508 Å². The van der Waals surface area contributed by atoms with Gasteiger partial charge in [-0.2, -0.15) is 80.8 Å². The summed E-state index contributed by atoms with van der Waals surface area (Å²) in [6.45, 7) is 1.67. The van der Waals surface area contributed by atoms with Crippen LogP contribution in [0.15, 0.2) is 101 Å². The quantitative estimate of drug-likeness (QED) is 0.0388. The molecule has 0 saturated heterocycles. The molecule has 468 valence electrons. The lowest BCUT2D eigenvalue weighted by molar-refractivity contribution is 0.284. The minimum atomic E-state index is -5.25. The summed E-state index contributed by atoms with van der Waals surface area (Å²) < 4.78 is 241. The molecule has 0 saturated carbocycles. The summed E-state index contributed by atoms with van der Waals surface area (Å²) in [6.07, 6.45) is -2.72. The van der Waals surface area contributed by atoms with Gasteiger partial charge in [0.1, 0.15) is 37.0 Å². The van der Waals surface area contributed by atoms with Crippen LogP contribution in [0, 0.1) is 12.2 Å². The van der Waals surface area contributed by atoms with E-state index in [0.29, 0.717) is 18.2 Å². The zero-order valence-electron chi connectivity index (χ0n) is 43.7. The van der Waals surface area contributed by atoms with Crippen molar-refractivity contribution in [3.8, 4) is 23.0 Å². The predicted octanol–water partition coefficient (Wildman–Crippen LogP) is 4.65. The molecule has 0 fully saturated rings. The monoisotopic (exact) mass is 1380 g/mol. The molecule has 2 unspecified atom stereocenters. The van der Waals surface area contributed by atoms with Gasteiger partial charge >= 0.3 is 22.6 Å². The Labute approximate surface area is 504 Å². The van der Waals surface area contributed by atoms with Gasteiger partial charge in [-0.1, -0.05) is 23.2 Å². The Kier molecular flexibility index (Phi) is 17.7. The van der Waals surface area contributed by atoms with Crippen LogP contribution in [-0.4, -0.2) is 141 Å². The van der Waals surface area contributed by atoms with E-state index in [1.165, 1.54) is 37.3 Å². The van der Waals surface area contributed by atoms with Gasteiger partial charge in [-0.3, -0.25) is 22.8 Å². The van der Waals surface area contributed by atoms with E-state index in [9.17, 15) is 77.5 Å². The first kappa shape index (κ1) is 64.5. The lowest BCUT2D eigenvalue weighted by Gasteiger charge is -2.24. The minimum absolute atomic E-state index is 0.173. The van der Waals surface area contributed by atoms with Gasteiger partial charge in [-0.25, -0.2) is 22.6 Å². The van der Waals surface area contributed by atoms with E-state index < -0.39 is 168 Å². The third-order valence-electron chi connectivity index (χ3n) is 11.8. The van der Waals surface area contributed by atoms with Crippen LogP contribution in [0.2, 0.25) is 10.0 Å². The summed E-state index contributed by atoms with van der Waals surface area (Å²) in [5, 5.41) is 14.5. The Morgan fingerprint density at radius 3 is 1.40 bits per heavy atom.